The lowest BCUT2D eigenvalue weighted by Crippen LogP contribution is -2.17. The Morgan fingerprint density at radius 3 is 2.61 bits per heavy atom. The first-order chi connectivity index (χ1) is 14.7. The molecule has 0 saturated carbocycles. The smallest absolute Gasteiger partial charge is 0.399 e. The summed E-state index contributed by atoms with van der Waals surface area (Å²) in [4.78, 5) is 22.0. The molecule has 10 heteroatoms. The number of para-hydroxylation sites is 1. The molecule has 0 aliphatic heterocycles. The quantitative estimate of drug-likeness (QED) is 0.420. The van der Waals surface area contributed by atoms with Crippen LogP contribution < -0.4 is 10.2 Å². The maximum Gasteiger partial charge on any atom is 0.435 e. The highest BCUT2D eigenvalue weighted by Gasteiger charge is 2.40. The molecule has 1 heterocycles. The molecule has 0 aliphatic carbocycles. The van der Waals surface area contributed by atoms with Crippen LogP contribution in [-0.2, 0) is 11.0 Å². The van der Waals surface area contributed by atoms with E-state index in [1.807, 2.05) is 18.2 Å². The molecule has 0 unspecified atom stereocenters. The van der Waals surface area contributed by atoms with Crippen LogP contribution in [0.15, 0.2) is 53.7 Å². The van der Waals surface area contributed by atoms with Crippen molar-refractivity contribution in [1.29, 1.82) is 0 Å². The summed E-state index contributed by atoms with van der Waals surface area (Å²) in [5.41, 5.74) is 1.34. The summed E-state index contributed by atoms with van der Waals surface area (Å²) in [5, 5.41) is 6.43. The molecule has 1 aromatic heterocycles. The molecule has 0 bridgehead atoms. The Hall–Kier alpha value is -3.40. The summed E-state index contributed by atoms with van der Waals surface area (Å²) in [5.74, 6) is -0.873. The highest BCUT2D eigenvalue weighted by Crippen LogP contribution is 2.38. The Labute approximate surface area is 181 Å². The van der Waals surface area contributed by atoms with Gasteiger partial charge in [0, 0.05) is 25.3 Å². The minimum atomic E-state index is -4.74. The molecule has 162 valence electrons. The van der Waals surface area contributed by atoms with Gasteiger partial charge in [-0.3, -0.25) is 4.79 Å². The molecule has 0 spiro atoms. The zero-order valence-electron chi connectivity index (χ0n) is 16.9. The number of nitrogens with zero attached hydrogens (tertiary/aromatic N) is 3. The number of rotatable bonds is 6. The van der Waals surface area contributed by atoms with Crippen LogP contribution in [0.3, 0.4) is 0 Å². The topological polar surface area (TPSA) is 66.8 Å². The molecule has 3 aromatic rings. The zero-order valence-corrected chi connectivity index (χ0v) is 17.7. The van der Waals surface area contributed by atoms with Crippen molar-refractivity contribution in [2.75, 3.05) is 31.4 Å². The molecular formula is C21H19F3N4O2S. The molecule has 0 atom stereocenters. The van der Waals surface area contributed by atoms with E-state index in [0.717, 1.165) is 11.1 Å². The number of carbonyl (C=O) groups is 1. The number of benzene rings is 2. The number of anilines is 2. The van der Waals surface area contributed by atoms with Gasteiger partial charge in [-0.05, 0) is 23.3 Å². The number of halogens is 3. The summed E-state index contributed by atoms with van der Waals surface area (Å²) in [7, 11) is 4.56. The number of oxime groups is 1. The summed E-state index contributed by atoms with van der Waals surface area (Å²) in [6, 6.07) is 14.1. The van der Waals surface area contributed by atoms with E-state index in [0.29, 0.717) is 22.6 Å². The van der Waals surface area contributed by atoms with Crippen LogP contribution in [0.1, 0.15) is 20.9 Å². The highest BCUT2D eigenvalue weighted by atomic mass is 32.1. The number of hydrogen-bond donors (Lipinski definition) is 1. The summed E-state index contributed by atoms with van der Waals surface area (Å²) in [6.07, 6.45) is -3.22. The number of aromatic nitrogens is 1. The maximum atomic E-state index is 13.4. The normalized spacial score (nSPS) is 11.5. The average molecular weight is 448 g/mol. The Morgan fingerprint density at radius 2 is 1.94 bits per heavy atom. The van der Waals surface area contributed by atoms with E-state index in [9.17, 15) is 18.0 Å². The first-order valence-corrected chi connectivity index (χ1v) is 9.85. The molecule has 0 fully saturated rings. The van der Waals surface area contributed by atoms with E-state index in [1.165, 1.54) is 18.2 Å². The number of carbonyl (C=O) groups excluding carboxylic acids is 1. The van der Waals surface area contributed by atoms with Crippen LogP contribution in [0.5, 0.6) is 0 Å². The third-order valence-corrected chi connectivity index (χ3v) is 5.38. The second-order valence-corrected chi connectivity index (χ2v) is 7.59. The van der Waals surface area contributed by atoms with E-state index >= 15 is 0 Å². The van der Waals surface area contributed by atoms with Crippen LogP contribution in [0.4, 0.5) is 24.0 Å². The Kier molecular flexibility index (Phi) is 6.59. The molecule has 6 nitrogen and oxygen atoms in total. The van der Waals surface area contributed by atoms with Gasteiger partial charge in [0.05, 0.1) is 6.21 Å². The van der Waals surface area contributed by atoms with Gasteiger partial charge in [-0.1, -0.05) is 52.9 Å². The van der Waals surface area contributed by atoms with Crippen LogP contribution in [-0.4, -0.2) is 38.3 Å². The molecule has 2 aromatic carbocycles. The van der Waals surface area contributed by atoms with Gasteiger partial charge in [0.2, 0.25) is 0 Å². The van der Waals surface area contributed by atoms with Gasteiger partial charge < -0.3 is 15.1 Å². The summed E-state index contributed by atoms with van der Waals surface area (Å²) < 4.78 is 40.3. The molecule has 0 aliphatic rings. The predicted molar refractivity (Wildman–Crippen MR) is 116 cm³/mol. The molecule has 31 heavy (non-hydrogen) atoms. The number of hydrogen-bond acceptors (Lipinski definition) is 6. The number of amides is 1. The number of nitrogens with one attached hydrogen (secondary N) is 1. The van der Waals surface area contributed by atoms with Crippen molar-refractivity contribution < 1.29 is 22.8 Å². The van der Waals surface area contributed by atoms with Crippen molar-refractivity contribution in [3.05, 3.63) is 64.7 Å². The molecule has 0 radical (unpaired) electrons. The predicted octanol–water partition coefficient (Wildman–Crippen LogP) is 5.13. The van der Waals surface area contributed by atoms with Crippen LogP contribution in [0.25, 0.3) is 11.1 Å². The molecule has 1 N–H and O–H groups in total. The zero-order chi connectivity index (χ0) is 22.6. The lowest BCUT2D eigenvalue weighted by atomic mass is 10.0. The van der Waals surface area contributed by atoms with Gasteiger partial charge >= 0.3 is 6.18 Å². The Balaban J connectivity index is 1.97. The van der Waals surface area contributed by atoms with E-state index in [2.05, 4.69) is 20.3 Å². The largest absolute Gasteiger partial charge is 0.435 e. The van der Waals surface area contributed by atoms with Crippen LogP contribution in [0, 0.1) is 0 Å². The second kappa shape index (κ2) is 9.17. The fourth-order valence-electron chi connectivity index (χ4n) is 2.77. The third-order valence-electron chi connectivity index (χ3n) is 4.15. The van der Waals surface area contributed by atoms with Crippen LogP contribution >= 0.6 is 11.3 Å². The highest BCUT2D eigenvalue weighted by molar-refractivity contribution is 7.17. The first-order valence-electron chi connectivity index (χ1n) is 9.03. The molecule has 0 saturated heterocycles. The van der Waals surface area contributed by atoms with Gasteiger partial charge in [-0.2, -0.15) is 13.2 Å². The number of thiazole rings is 1. The van der Waals surface area contributed by atoms with Gasteiger partial charge in [0.25, 0.3) is 5.91 Å². The van der Waals surface area contributed by atoms with Crippen molar-refractivity contribution >= 4 is 34.3 Å². The van der Waals surface area contributed by atoms with Crippen molar-refractivity contribution in [2.45, 2.75) is 6.18 Å². The average Bonchev–Trinajstić information content (AvgIpc) is 3.20. The summed E-state index contributed by atoms with van der Waals surface area (Å²) >= 11 is 0.687. The standard InChI is InChI=1S/C21H19F3N4O2S/c1-28(2)20-27-18(21(22,23)24)17(31-20)19(29)26-16-10-5-4-9-15(16)14-8-6-7-13(11-14)12-25-30-3/h4-12H,1-3H3,(H,26,29)/b25-12+. The third kappa shape index (κ3) is 5.21. The lowest BCUT2D eigenvalue weighted by Gasteiger charge is -2.12. The monoisotopic (exact) mass is 448 g/mol. The fourth-order valence-corrected chi connectivity index (χ4v) is 3.67. The van der Waals surface area contributed by atoms with Gasteiger partial charge in [-0.25, -0.2) is 4.98 Å². The maximum absolute atomic E-state index is 13.4. The van der Waals surface area contributed by atoms with E-state index in [4.69, 9.17) is 0 Å². The van der Waals surface area contributed by atoms with Crippen molar-refractivity contribution in [1.82, 2.24) is 4.98 Å². The SMILES string of the molecule is CO/N=C/c1cccc(-c2ccccc2NC(=O)c2sc(N(C)C)nc2C(F)(F)F)c1. The fraction of sp³-hybridized carbons (Fsp3) is 0.190. The van der Waals surface area contributed by atoms with E-state index in [-0.39, 0.29) is 5.13 Å². The van der Waals surface area contributed by atoms with E-state index < -0.39 is 22.7 Å². The summed E-state index contributed by atoms with van der Waals surface area (Å²) in [6.45, 7) is 0. The van der Waals surface area contributed by atoms with E-state index in [1.54, 1.807) is 44.4 Å². The van der Waals surface area contributed by atoms with Gasteiger partial charge in [-0.15, -0.1) is 0 Å². The van der Waals surface area contributed by atoms with Crippen molar-refractivity contribution in [3.63, 3.8) is 0 Å². The minimum Gasteiger partial charge on any atom is -0.399 e. The molecule has 3 rings (SSSR count). The Morgan fingerprint density at radius 1 is 1.19 bits per heavy atom. The van der Waals surface area contributed by atoms with Crippen molar-refractivity contribution in [3.8, 4) is 11.1 Å². The molecule has 1 amide bonds. The van der Waals surface area contributed by atoms with Crippen molar-refractivity contribution in [2.24, 2.45) is 5.16 Å². The van der Waals surface area contributed by atoms with Gasteiger partial charge in [0.1, 0.15) is 12.0 Å². The lowest BCUT2D eigenvalue weighted by molar-refractivity contribution is -0.140. The Bertz CT molecular complexity index is 1110. The minimum absolute atomic E-state index is 0.0934. The van der Waals surface area contributed by atoms with Gasteiger partial charge in [0.15, 0.2) is 10.8 Å². The first kappa shape index (κ1) is 22.3. The number of alkyl halides is 3. The van der Waals surface area contributed by atoms with Crippen LogP contribution in [0.2, 0.25) is 0 Å². The second-order valence-electron chi connectivity index (χ2n) is 6.61. The molecular weight excluding hydrogens is 429 g/mol.